The highest BCUT2D eigenvalue weighted by Gasteiger charge is 2.28. The van der Waals surface area contributed by atoms with Gasteiger partial charge in [-0.05, 0) is 75.2 Å². The lowest BCUT2D eigenvalue weighted by Gasteiger charge is -2.15. The van der Waals surface area contributed by atoms with Crippen molar-refractivity contribution in [3.63, 3.8) is 0 Å². The number of carbonyl (C=O) groups excluding carboxylic acids is 1. The second kappa shape index (κ2) is 9.09. The standard InChI is InChI=1S/C25H26ClN3O3/c1-15-5-9-20(14-23(15)26)29-17(3)24(16(2)28-29)18-6-10-22(13-18)32-25(30)27-19-7-11-21(31-4)12-8-19/h5-12,14,18,22H,13H2,1-4H3,(H,27,30). The van der Waals surface area contributed by atoms with Gasteiger partial charge < -0.3 is 9.47 Å². The molecule has 6 nitrogen and oxygen atoms in total. The average Bonchev–Trinajstić information content (AvgIpc) is 3.33. The second-order valence-corrected chi connectivity index (χ2v) is 8.36. The molecular weight excluding hydrogens is 426 g/mol. The number of benzene rings is 2. The number of nitrogens with zero attached hydrogens (tertiary/aromatic N) is 2. The lowest BCUT2D eigenvalue weighted by molar-refractivity contribution is 0.132. The number of aryl methyl sites for hydroxylation is 2. The van der Waals surface area contributed by atoms with Crippen LogP contribution in [-0.4, -0.2) is 29.1 Å². The van der Waals surface area contributed by atoms with Crippen molar-refractivity contribution < 1.29 is 14.3 Å². The number of nitrogens with one attached hydrogen (secondary N) is 1. The molecule has 2 unspecified atom stereocenters. The number of rotatable bonds is 5. The smallest absolute Gasteiger partial charge is 0.412 e. The predicted octanol–water partition coefficient (Wildman–Crippen LogP) is 6.12. The van der Waals surface area contributed by atoms with Gasteiger partial charge in [0.15, 0.2) is 0 Å². The van der Waals surface area contributed by atoms with E-state index >= 15 is 0 Å². The molecule has 0 radical (unpaired) electrons. The van der Waals surface area contributed by atoms with E-state index in [0.717, 1.165) is 34.0 Å². The number of amides is 1. The summed E-state index contributed by atoms with van der Waals surface area (Å²) in [6.45, 7) is 6.04. The van der Waals surface area contributed by atoms with Crippen LogP contribution in [0.5, 0.6) is 5.75 Å². The first kappa shape index (κ1) is 22.0. The highest BCUT2D eigenvalue weighted by atomic mass is 35.5. The molecule has 166 valence electrons. The van der Waals surface area contributed by atoms with Crippen LogP contribution in [0.1, 0.15) is 34.9 Å². The highest BCUT2D eigenvalue weighted by molar-refractivity contribution is 6.31. The molecule has 0 spiro atoms. The molecule has 2 atom stereocenters. The Morgan fingerprint density at radius 3 is 2.56 bits per heavy atom. The first-order chi connectivity index (χ1) is 15.4. The molecule has 1 heterocycles. The monoisotopic (exact) mass is 451 g/mol. The van der Waals surface area contributed by atoms with E-state index in [1.54, 1.807) is 31.4 Å². The molecule has 32 heavy (non-hydrogen) atoms. The molecule has 0 saturated heterocycles. The molecule has 4 rings (SSSR count). The molecular formula is C25H26ClN3O3. The van der Waals surface area contributed by atoms with Gasteiger partial charge in [0.1, 0.15) is 11.9 Å². The number of hydrogen-bond donors (Lipinski definition) is 1. The minimum Gasteiger partial charge on any atom is -0.497 e. The summed E-state index contributed by atoms with van der Waals surface area (Å²) in [4.78, 5) is 12.3. The van der Waals surface area contributed by atoms with Gasteiger partial charge in [-0.3, -0.25) is 5.32 Å². The molecule has 1 aliphatic carbocycles. The van der Waals surface area contributed by atoms with Crippen LogP contribution in [0, 0.1) is 20.8 Å². The molecule has 7 heteroatoms. The Bertz CT molecular complexity index is 1170. The van der Waals surface area contributed by atoms with Crippen molar-refractivity contribution in [2.24, 2.45) is 0 Å². The van der Waals surface area contributed by atoms with Crippen molar-refractivity contribution in [2.75, 3.05) is 12.4 Å². The number of allylic oxidation sites excluding steroid dienone is 1. The Balaban J connectivity index is 1.43. The fraction of sp³-hybridized carbons (Fsp3) is 0.280. The molecule has 0 fully saturated rings. The Morgan fingerprint density at radius 1 is 1.12 bits per heavy atom. The number of methoxy groups -OCH3 is 1. The second-order valence-electron chi connectivity index (χ2n) is 7.95. The van der Waals surface area contributed by atoms with Gasteiger partial charge in [-0.2, -0.15) is 5.10 Å². The van der Waals surface area contributed by atoms with Crippen LogP contribution in [0.4, 0.5) is 10.5 Å². The first-order valence-electron chi connectivity index (χ1n) is 10.5. The van der Waals surface area contributed by atoms with Crippen molar-refractivity contribution in [1.29, 1.82) is 0 Å². The number of hydrogen-bond acceptors (Lipinski definition) is 4. The average molecular weight is 452 g/mol. The zero-order chi connectivity index (χ0) is 22.8. The molecule has 3 aromatic rings. The largest absolute Gasteiger partial charge is 0.497 e. The molecule has 0 aliphatic heterocycles. The summed E-state index contributed by atoms with van der Waals surface area (Å²) in [6.07, 6.45) is 3.93. The van der Waals surface area contributed by atoms with Gasteiger partial charge in [-0.1, -0.05) is 23.7 Å². The van der Waals surface area contributed by atoms with E-state index in [9.17, 15) is 4.79 Å². The molecule has 1 aliphatic rings. The van der Waals surface area contributed by atoms with Gasteiger partial charge in [0, 0.05) is 27.9 Å². The maximum atomic E-state index is 12.3. The predicted molar refractivity (Wildman–Crippen MR) is 126 cm³/mol. The molecule has 2 aromatic carbocycles. The zero-order valence-electron chi connectivity index (χ0n) is 18.6. The van der Waals surface area contributed by atoms with Gasteiger partial charge in [-0.25, -0.2) is 9.48 Å². The maximum Gasteiger partial charge on any atom is 0.412 e. The molecule has 0 bridgehead atoms. The summed E-state index contributed by atoms with van der Waals surface area (Å²) >= 11 is 6.32. The van der Waals surface area contributed by atoms with E-state index in [1.807, 2.05) is 42.8 Å². The Kier molecular flexibility index (Phi) is 6.24. The fourth-order valence-corrected chi connectivity index (χ4v) is 4.26. The highest BCUT2D eigenvalue weighted by Crippen LogP contribution is 2.35. The summed E-state index contributed by atoms with van der Waals surface area (Å²) in [7, 11) is 1.60. The zero-order valence-corrected chi connectivity index (χ0v) is 19.3. The summed E-state index contributed by atoms with van der Waals surface area (Å²) in [5.74, 6) is 0.855. The molecule has 1 aromatic heterocycles. The third-order valence-corrected chi connectivity index (χ3v) is 6.16. The van der Waals surface area contributed by atoms with E-state index in [4.69, 9.17) is 26.2 Å². The number of anilines is 1. The number of carbonyl (C=O) groups is 1. The van der Waals surface area contributed by atoms with Gasteiger partial charge >= 0.3 is 6.09 Å². The fourth-order valence-electron chi connectivity index (χ4n) is 4.08. The molecule has 1 N–H and O–H groups in total. The van der Waals surface area contributed by atoms with Crippen molar-refractivity contribution >= 4 is 23.4 Å². The number of halogens is 1. The van der Waals surface area contributed by atoms with E-state index in [2.05, 4.69) is 18.3 Å². The van der Waals surface area contributed by atoms with Crippen LogP contribution in [0.3, 0.4) is 0 Å². The molecule has 1 amide bonds. The minimum atomic E-state index is -0.482. The Hall–Kier alpha value is -3.25. The van der Waals surface area contributed by atoms with E-state index in [-0.39, 0.29) is 12.0 Å². The summed E-state index contributed by atoms with van der Waals surface area (Å²) in [5.41, 5.74) is 5.78. The van der Waals surface area contributed by atoms with E-state index < -0.39 is 6.09 Å². The molecule has 0 saturated carbocycles. The van der Waals surface area contributed by atoms with Gasteiger partial charge in [0.05, 0.1) is 18.5 Å². The summed E-state index contributed by atoms with van der Waals surface area (Å²) < 4.78 is 12.7. The quantitative estimate of drug-likeness (QED) is 0.474. The summed E-state index contributed by atoms with van der Waals surface area (Å²) in [6, 6.07) is 13.0. The topological polar surface area (TPSA) is 65.4 Å². The van der Waals surface area contributed by atoms with Gasteiger partial charge in [0.2, 0.25) is 0 Å². The minimum absolute atomic E-state index is 0.128. The maximum absolute atomic E-state index is 12.3. The Morgan fingerprint density at radius 2 is 1.88 bits per heavy atom. The van der Waals surface area contributed by atoms with E-state index in [0.29, 0.717) is 17.1 Å². The van der Waals surface area contributed by atoms with Crippen molar-refractivity contribution in [1.82, 2.24) is 9.78 Å². The van der Waals surface area contributed by atoms with Crippen LogP contribution >= 0.6 is 11.6 Å². The summed E-state index contributed by atoms with van der Waals surface area (Å²) in [5, 5.41) is 8.22. The van der Waals surface area contributed by atoms with Crippen LogP contribution in [0.25, 0.3) is 5.69 Å². The van der Waals surface area contributed by atoms with Crippen molar-refractivity contribution in [2.45, 2.75) is 39.2 Å². The van der Waals surface area contributed by atoms with Crippen LogP contribution in [0.15, 0.2) is 54.6 Å². The Labute approximate surface area is 192 Å². The number of ether oxygens (including phenoxy) is 2. The van der Waals surface area contributed by atoms with Gasteiger partial charge in [0.25, 0.3) is 0 Å². The normalized spacial score (nSPS) is 17.4. The first-order valence-corrected chi connectivity index (χ1v) is 10.9. The third-order valence-electron chi connectivity index (χ3n) is 5.76. The van der Waals surface area contributed by atoms with E-state index in [1.165, 1.54) is 0 Å². The van der Waals surface area contributed by atoms with Crippen molar-refractivity contribution in [3.8, 4) is 11.4 Å². The lowest BCUT2D eigenvalue weighted by atomic mass is 9.96. The lowest BCUT2D eigenvalue weighted by Crippen LogP contribution is -2.20. The SMILES string of the molecule is COc1ccc(NC(=O)OC2C=CC(c3c(C)nn(-c4ccc(C)c(Cl)c4)c3C)C2)cc1. The van der Waals surface area contributed by atoms with Crippen LogP contribution in [-0.2, 0) is 4.74 Å². The van der Waals surface area contributed by atoms with Crippen LogP contribution < -0.4 is 10.1 Å². The van der Waals surface area contributed by atoms with Crippen molar-refractivity contribution in [3.05, 3.63) is 82.2 Å². The van der Waals surface area contributed by atoms with Crippen LogP contribution in [0.2, 0.25) is 5.02 Å². The number of aromatic nitrogens is 2. The third kappa shape index (κ3) is 4.50. The van der Waals surface area contributed by atoms with Gasteiger partial charge in [-0.15, -0.1) is 0 Å².